The van der Waals surface area contributed by atoms with E-state index in [2.05, 4.69) is 26.2 Å². The van der Waals surface area contributed by atoms with Gasteiger partial charge >= 0.3 is 0 Å². The van der Waals surface area contributed by atoms with E-state index in [1.54, 1.807) is 19.4 Å². The minimum Gasteiger partial charge on any atom is -0.495 e. The molecule has 3 N–H and O–H groups in total. The zero-order chi connectivity index (χ0) is 13.8. The number of rotatable bonds is 4. The van der Waals surface area contributed by atoms with Crippen molar-refractivity contribution in [2.75, 3.05) is 12.4 Å². The number of hydrogen-bond donors (Lipinski definition) is 2. The van der Waals surface area contributed by atoms with Gasteiger partial charge in [0.2, 0.25) is 0 Å². The number of hydrogen-bond acceptors (Lipinski definition) is 4. The molecule has 6 heteroatoms. The summed E-state index contributed by atoms with van der Waals surface area (Å²) in [4.78, 5) is 4.45. The van der Waals surface area contributed by atoms with Crippen LogP contribution in [-0.2, 0) is 0 Å². The van der Waals surface area contributed by atoms with Gasteiger partial charge in [0.15, 0.2) is 0 Å². The monoisotopic (exact) mass is 337 g/mol. The maximum Gasteiger partial charge on any atom is 0.142 e. The lowest BCUT2D eigenvalue weighted by molar-refractivity contribution is 0.417. The molecule has 0 saturated carbocycles. The Hall–Kier alpha value is -1.66. The fourth-order valence-corrected chi connectivity index (χ4v) is 2.03. The van der Waals surface area contributed by atoms with E-state index in [-0.39, 0.29) is 4.99 Å². The molecule has 0 aliphatic rings. The molecule has 1 heterocycles. The lowest BCUT2D eigenvalue weighted by atomic mass is 10.2. The molecule has 0 radical (unpaired) electrons. The summed E-state index contributed by atoms with van der Waals surface area (Å²) in [6, 6.07) is 9.36. The van der Waals surface area contributed by atoms with Crippen LogP contribution in [0.15, 0.2) is 41.0 Å². The zero-order valence-corrected chi connectivity index (χ0v) is 12.6. The van der Waals surface area contributed by atoms with Gasteiger partial charge in [-0.3, -0.25) is 4.98 Å². The van der Waals surface area contributed by atoms with Crippen molar-refractivity contribution in [3.63, 3.8) is 0 Å². The predicted molar refractivity (Wildman–Crippen MR) is 84.1 cm³/mol. The molecule has 19 heavy (non-hydrogen) atoms. The van der Waals surface area contributed by atoms with Gasteiger partial charge in [-0.1, -0.05) is 28.1 Å². The molecule has 0 aliphatic carbocycles. The minimum absolute atomic E-state index is 0.284. The summed E-state index contributed by atoms with van der Waals surface area (Å²) < 4.78 is 6.25. The molecular weight excluding hydrogens is 326 g/mol. The Kier molecular flexibility index (Phi) is 4.34. The average molecular weight is 338 g/mol. The average Bonchev–Trinajstić information content (AvgIpc) is 2.39. The molecule has 2 aromatic rings. The van der Waals surface area contributed by atoms with Crippen molar-refractivity contribution in [2.45, 2.75) is 0 Å². The third kappa shape index (κ3) is 3.42. The minimum atomic E-state index is 0.284. The molecule has 0 amide bonds. The van der Waals surface area contributed by atoms with Crippen molar-refractivity contribution in [1.82, 2.24) is 4.98 Å². The molecule has 1 aromatic heterocycles. The van der Waals surface area contributed by atoms with E-state index in [9.17, 15) is 0 Å². The highest BCUT2D eigenvalue weighted by Crippen LogP contribution is 2.30. The third-order valence-electron chi connectivity index (χ3n) is 2.46. The number of nitrogens with zero attached hydrogens (tertiary/aromatic N) is 1. The van der Waals surface area contributed by atoms with Crippen LogP contribution in [-0.4, -0.2) is 17.1 Å². The second kappa shape index (κ2) is 5.99. The molecule has 0 aliphatic heterocycles. The van der Waals surface area contributed by atoms with E-state index in [4.69, 9.17) is 22.7 Å². The molecule has 0 unspecified atom stereocenters. The van der Waals surface area contributed by atoms with Gasteiger partial charge in [-0.05, 0) is 30.3 Å². The van der Waals surface area contributed by atoms with Crippen LogP contribution >= 0.6 is 28.1 Å². The van der Waals surface area contributed by atoms with Gasteiger partial charge in [-0.15, -0.1) is 0 Å². The van der Waals surface area contributed by atoms with Gasteiger partial charge in [0.05, 0.1) is 30.4 Å². The number of anilines is 2. The summed E-state index contributed by atoms with van der Waals surface area (Å²) in [5.74, 6) is 0.752. The van der Waals surface area contributed by atoms with E-state index in [1.165, 1.54) is 0 Å². The second-order valence-electron chi connectivity index (χ2n) is 3.77. The van der Waals surface area contributed by atoms with Crippen LogP contribution in [0.3, 0.4) is 0 Å². The number of benzene rings is 1. The normalized spacial score (nSPS) is 10.0. The van der Waals surface area contributed by atoms with Crippen LogP contribution in [0.4, 0.5) is 11.4 Å². The Labute approximate surface area is 125 Å². The fourth-order valence-electron chi connectivity index (χ4n) is 1.55. The number of pyridine rings is 1. The zero-order valence-electron chi connectivity index (χ0n) is 10.2. The summed E-state index contributed by atoms with van der Waals surface area (Å²) >= 11 is 8.29. The van der Waals surface area contributed by atoms with Crippen molar-refractivity contribution in [3.8, 4) is 5.75 Å². The van der Waals surface area contributed by atoms with Crippen molar-refractivity contribution in [2.24, 2.45) is 5.73 Å². The number of aromatic nitrogens is 1. The first-order valence-corrected chi connectivity index (χ1v) is 6.66. The molecule has 0 saturated heterocycles. The lowest BCUT2D eigenvalue weighted by Gasteiger charge is -2.11. The van der Waals surface area contributed by atoms with Gasteiger partial charge in [0, 0.05) is 4.47 Å². The quantitative estimate of drug-likeness (QED) is 0.838. The summed E-state index contributed by atoms with van der Waals surface area (Å²) in [6.45, 7) is 0. The van der Waals surface area contributed by atoms with E-state index < -0.39 is 0 Å². The van der Waals surface area contributed by atoms with Crippen LogP contribution in [0.5, 0.6) is 5.75 Å². The van der Waals surface area contributed by atoms with Crippen LogP contribution in [0.1, 0.15) is 5.69 Å². The lowest BCUT2D eigenvalue weighted by Crippen LogP contribution is -2.11. The highest BCUT2D eigenvalue weighted by atomic mass is 79.9. The SMILES string of the molecule is COc1ccc(Br)cc1Nc1ccc(C(N)=S)nc1. The number of nitrogens with one attached hydrogen (secondary N) is 1. The second-order valence-corrected chi connectivity index (χ2v) is 5.12. The van der Waals surface area contributed by atoms with E-state index in [0.717, 1.165) is 21.6 Å². The number of methoxy groups -OCH3 is 1. The standard InChI is InChI=1S/C13H12BrN3OS/c1-18-12-5-2-8(14)6-11(12)17-9-3-4-10(13(15)19)16-7-9/h2-7,17H,1H3,(H2,15,19). The largest absolute Gasteiger partial charge is 0.495 e. The first kappa shape index (κ1) is 13.8. The molecule has 0 fully saturated rings. The van der Waals surface area contributed by atoms with Crippen LogP contribution in [0.25, 0.3) is 0 Å². The van der Waals surface area contributed by atoms with Crippen molar-refractivity contribution >= 4 is 44.5 Å². The summed E-state index contributed by atoms with van der Waals surface area (Å²) in [6.07, 6.45) is 1.68. The van der Waals surface area contributed by atoms with Gasteiger partial charge in [-0.2, -0.15) is 0 Å². The summed E-state index contributed by atoms with van der Waals surface area (Å²) in [5, 5.41) is 3.23. The number of thiocarbonyl (C=S) groups is 1. The first-order chi connectivity index (χ1) is 9.10. The van der Waals surface area contributed by atoms with E-state index >= 15 is 0 Å². The maximum absolute atomic E-state index is 5.50. The van der Waals surface area contributed by atoms with Crippen LogP contribution in [0.2, 0.25) is 0 Å². The Morgan fingerprint density at radius 3 is 2.74 bits per heavy atom. The van der Waals surface area contributed by atoms with Gasteiger partial charge in [0.1, 0.15) is 10.7 Å². The fraction of sp³-hybridized carbons (Fsp3) is 0.0769. The topological polar surface area (TPSA) is 60.2 Å². The van der Waals surface area contributed by atoms with E-state index in [1.807, 2.05) is 24.3 Å². The van der Waals surface area contributed by atoms with Crippen LogP contribution < -0.4 is 15.8 Å². The Bertz CT molecular complexity index is 601. The third-order valence-corrected chi connectivity index (χ3v) is 3.16. The van der Waals surface area contributed by atoms with Crippen molar-refractivity contribution < 1.29 is 4.74 Å². The van der Waals surface area contributed by atoms with Crippen molar-refractivity contribution in [1.29, 1.82) is 0 Å². The van der Waals surface area contributed by atoms with Gasteiger partial charge in [-0.25, -0.2) is 0 Å². The first-order valence-electron chi connectivity index (χ1n) is 5.46. The molecule has 0 bridgehead atoms. The molecule has 1 aromatic carbocycles. The van der Waals surface area contributed by atoms with E-state index in [0.29, 0.717) is 5.69 Å². The molecule has 0 spiro atoms. The number of halogens is 1. The number of nitrogens with two attached hydrogens (primary N) is 1. The predicted octanol–water partition coefficient (Wildman–Crippen LogP) is 3.23. The van der Waals surface area contributed by atoms with Gasteiger partial charge in [0.25, 0.3) is 0 Å². The van der Waals surface area contributed by atoms with Crippen molar-refractivity contribution in [3.05, 3.63) is 46.7 Å². The molecule has 0 atom stereocenters. The molecule has 98 valence electrons. The number of ether oxygens (including phenoxy) is 1. The molecule has 4 nitrogen and oxygen atoms in total. The molecule has 2 rings (SSSR count). The Morgan fingerprint density at radius 1 is 1.37 bits per heavy atom. The Morgan fingerprint density at radius 2 is 2.16 bits per heavy atom. The smallest absolute Gasteiger partial charge is 0.142 e. The maximum atomic E-state index is 5.50. The highest BCUT2D eigenvalue weighted by Gasteiger charge is 2.05. The highest BCUT2D eigenvalue weighted by molar-refractivity contribution is 9.10. The summed E-state index contributed by atoms with van der Waals surface area (Å²) in [5.41, 5.74) is 7.78. The van der Waals surface area contributed by atoms with Crippen LogP contribution in [0, 0.1) is 0 Å². The molecular formula is C13H12BrN3OS. The van der Waals surface area contributed by atoms with Gasteiger partial charge < -0.3 is 15.8 Å². The summed E-state index contributed by atoms with van der Waals surface area (Å²) in [7, 11) is 1.63. The Balaban J connectivity index is 2.25.